The van der Waals surface area contributed by atoms with Gasteiger partial charge in [0.1, 0.15) is 6.61 Å². The van der Waals surface area contributed by atoms with E-state index in [1.54, 1.807) is 6.07 Å². The first-order valence-corrected chi connectivity index (χ1v) is 4.06. The number of carboxylic acid groups (broad SMARTS) is 1. The number of carbonyl (C=O) groups excluding carboxylic acids is 1. The first-order chi connectivity index (χ1) is 6.61. The van der Waals surface area contributed by atoms with Crippen LogP contribution in [0.25, 0.3) is 0 Å². The second kappa shape index (κ2) is 6.28. The number of hydrogen-bond donors (Lipinski definition) is 1. The molecule has 0 aliphatic carbocycles. The van der Waals surface area contributed by atoms with Crippen LogP contribution in [0.1, 0.15) is 22.8 Å². The van der Waals surface area contributed by atoms with Gasteiger partial charge in [0.15, 0.2) is 0 Å². The van der Waals surface area contributed by atoms with Gasteiger partial charge in [0.2, 0.25) is 0 Å². The Labute approximate surface area is 99.4 Å². The molecule has 4 nitrogen and oxygen atoms in total. The molecule has 76 valence electrons. The van der Waals surface area contributed by atoms with E-state index in [0.29, 0.717) is 12.2 Å². The van der Waals surface area contributed by atoms with Crippen molar-refractivity contribution in [2.24, 2.45) is 0 Å². The third-order valence-electron chi connectivity index (χ3n) is 1.60. The van der Waals surface area contributed by atoms with Gasteiger partial charge in [-0.2, -0.15) is 0 Å². The van der Waals surface area contributed by atoms with Gasteiger partial charge in [0.05, 0.1) is 5.56 Å². The summed E-state index contributed by atoms with van der Waals surface area (Å²) in [5.74, 6) is -1.03. The van der Waals surface area contributed by atoms with Crippen molar-refractivity contribution in [1.29, 1.82) is 0 Å². The monoisotopic (exact) mass is 202 g/mol. The second-order valence-corrected chi connectivity index (χ2v) is 2.75. The summed E-state index contributed by atoms with van der Waals surface area (Å²) in [6.07, 6.45) is 0. The quantitative estimate of drug-likeness (QED) is 0.499. The Kier molecular flexibility index (Phi) is 5.76. The fourth-order valence-corrected chi connectivity index (χ4v) is 1.07. The minimum absolute atomic E-state index is 0. The van der Waals surface area contributed by atoms with Gasteiger partial charge < -0.3 is 9.84 Å². The van der Waals surface area contributed by atoms with Crippen LogP contribution in [0, 0.1) is 0 Å². The molecule has 0 bridgehead atoms. The zero-order valence-corrected chi connectivity index (χ0v) is 7.69. The van der Waals surface area contributed by atoms with E-state index in [4.69, 9.17) is 14.6 Å². The van der Waals surface area contributed by atoms with Gasteiger partial charge in [-0.1, -0.05) is 18.2 Å². The molecule has 1 aromatic rings. The van der Waals surface area contributed by atoms with Crippen LogP contribution >= 0.6 is 0 Å². The van der Waals surface area contributed by atoms with Crippen molar-refractivity contribution in [3.8, 4) is 0 Å². The number of hydrogen-bond acceptors (Lipinski definition) is 3. The van der Waals surface area contributed by atoms with Crippen molar-refractivity contribution < 1.29 is 19.4 Å². The fraction of sp³-hybridized carbons (Fsp3) is 0.200. The standard InChI is InChI=1S/C8H6O2.C2H4O2.Li.H/c9-8-7-4-2-1-3-6(7)5-10-8;1-2(3)4;;/h1-4H,5H2;1H3,(H,3,4);;. The maximum atomic E-state index is 10.8. The maximum absolute atomic E-state index is 10.8. The van der Waals surface area contributed by atoms with E-state index in [2.05, 4.69) is 0 Å². The van der Waals surface area contributed by atoms with Gasteiger partial charge in [-0.25, -0.2) is 4.79 Å². The molecule has 15 heavy (non-hydrogen) atoms. The molecule has 0 saturated carbocycles. The van der Waals surface area contributed by atoms with Gasteiger partial charge in [-0.05, 0) is 6.07 Å². The summed E-state index contributed by atoms with van der Waals surface area (Å²) >= 11 is 0. The number of rotatable bonds is 0. The zero-order valence-electron chi connectivity index (χ0n) is 7.69. The van der Waals surface area contributed by atoms with Crippen molar-refractivity contribution in [2.45, 2.75) is 13.5 Å². The Morgan fingerprint density at radius 3 is 2.47 bits per heavy atom. The number of fused-ring (bicyclic) bond motifs is 1. The molecule has 0 spiro atoms. The number of esters is 1. The molecule has 1 N–H and O–H groups in total. The van der Waals surface area contributed by atoms with Crippen molar-refractivity contribution >= 4 is 30.8 Å². The Morgan fingerprint density at radius 1 is 1.40 bits per heavy atom. The van der Waals surface area contributed by atoms with E-state index >= 15 is 0 Å². The van der Waals surface area contributed by atoms with Crippen LogP contribution in [0.2, 0.25) is 0 Å². The molecule has 0 saturated heterocycles. The minimum atomic E-state index is -0.833. The summed E-state index contributed by atoms with van der Waals surface area (Å²) in [4.78, 5) is 19.8. The van der Waals surface area contributed by atoms with Crippen LogP contribution in [0.4, 0.5) is 0 Å². The number of ether oxygens (including phenoxy) is 1. The molecule has 0 atom stereocenters. The van der Waals surface area contributed by atoms with E-state index in [-0.39, 0.29) is 24.8 Å². The van der Waals surface area contributed by atoms with E-state index in [1.165, 1.54) is 0 Å². The van der Waals surface area contributed by atoms with Crippen LogP contribution < -0.4 is 0 Å². The van der Waals surface area contributed by atoms with E-state index in [1.807, 2.05) is 18.2 Å². The van der Waals surface area contributed by atoms with Crippen LogP contribution in [0.5, 0.6) is 0 Å². The van der Waals surface area contributed by atoms with Crippen molar-refractivity contribution in [3.05, 3.63) is 35.4 Å². The second-order valence-electron chi connectivity index (χ2n) is 2.75. The molecule has 0 radical (unpaired) electrons. The Balaban J connectivity index is 0.000000346. The van der Waals surface area contributed by atoms with Crippen LogP contribution in [-0.2, 0) is 16.1 Å². The summed E-state index contributed by atoms with van der Waals surface area (Å²) < 4.78 is 4.78. The third-order valence-corrected chi connectivity index (χ3v) is 1.60. The van der Waals surface area contributed by atoms with Crippen molar-refractivity contribution in [3.63, 3.8) is 0 Å². The van der Waals surface area contributed by atoms with Crippen LogP contribution in [0.15, 0.2) is 24.3 Å². The predicted molar refractivity (Wildman–Crippen MR) is 56.0 cm³/mol. The zero-order chi connectivity index (χ0) is 10.6. The summed E-state index contributed by atoms with van der Waals surface area (Å²) in [6.45, 7) is 1.52. The number of benzene rings is 1. The summed E-state index contributed by atoms with van der Waals surface area (Å²) in [5, 5.41) is 7.42. The fourth-order valence-electron chi connectivity index (χ4n) is 1.07. The molecule has 0 fully saturated rings. The van der Waals surface area contributed by atoms with E-state index < -0.39 is 5.97 Å². The van der Waals surface area contributed by atoms with E-state index in [0.717, 1.165) is 12.5 Å². The van der Waals surface area contributed by atoms with Crippen molar-refractivity contribution in [1.82, 2.24) is 0 Å². The molecule has 0 unspecified atom stereocenters. The molecule has 1 aliphatic rings. The SMILES string of the molecule is CC(=O)O.O=C1OCc2ccccc21.[LiH]. The summed E-state index contributed by atoms with van der Waals surface area (Å²) in [5.41, 5.74) is 1.70. The van der Waals surface area contributed by atoms with Crippen LogP contribution in [0.3, 0.4) is 0 Å². The first-order valence-electron chi connectivity index (χ1n) is 4.06. The first kappa shape index (κ1) is 13.8. The molecular weight excluding hydrogens is 191 g/mol. The van der Waals surface area contributed by atoms with Gasteiger partial charge in [-0.15, -0.1) is 0 Å². The molecule has 5 heteroatoms. The number of carbonyl (C=O) groups is 2. The van der Waals surface area contributed by atoms with E-state index in [9.17, 15) is 4.79 Å². The summed E-state index contributed by atoms with van der Waals surface area (Å²) in [7, 11) is 0. The molecule has 0 amide bonds. The van der Waals surface area contributed by atoms with Crippen molar-refractivity contribution in [2.75, 3.05) is 0 Å². The molecule has 1 aliphatic heterocycles. The number of cyclic esters (lactones) is 1. The molecule has 1 aromatic carbocycles. The van der Waals surface area contributed by atoms with Gasteiger partial charge >= 0.3 is 24.8 Å². The number of carboxylic acids is 1. The average molecular weight is 202 g/mol. The number of aliphatic carboxylic acids is 1. The molecule has 0 aromatic heterocycles. The average Bonchev–Trinajstić information content (AvgIpc) is 2.48. The Hall–Kier alpha value is -1.24. The van der Waals surface area contributed by atoms with Gasteiger partial charge in [0, 0.05) is 12.5 Å². The molecular formula is C10H11LiO4. The normalized spacial score (nSPS) is 11.4. The van der Waals surface area contributed by atoms with Gasteiger partial charge in [-0.3, -0.25) is 4.79 Å². The predicted octanol–water partition coefficient (Wildman–Crippen LogP) is 0.799. The summed E-state index contributed by atoms with van der Waals surface area (Å²) in [6, 6.07) is 7.43. The Morgan fingerprint density at radius 2 is 1.93 bits per heavy atom. The Bertz CT molecular complexity index is 358. The molecule has 1 heterocycles. The topological polar surface area (TPSA) is 63.6 Å². The van der Waals surface area contributed by atoms with Crippen LogP contribution in [-0.4, -0.2) is 35.9 Å². The van der Waals surface area contributed by atoms with Gasteiger partial charge in [0.25, 0.3) is 5.97 Å². The molecule has 2 rings (SSSR count). The third kappa shape index (κ3) is 4.20.